The van der Waals surface area contributed by atoms with Crippen LogP contribution in [0.4, 0.5) is 4.79 Å². The molecule has 6 rings (SSSR count). The van der Waals surface area contributed by atoms with E-state index >= 15 is 0 Å². The number of fused-ring (bicyclic) bond motifs is 7. The van der Waals surface area contributed by atoms with Crippen LogP contribution in [0, 0.1) is 50.7 Å². The SMILES string of the molecule is COC(=O)[C@@]12CC[C@]3(C)[C@H](CCC4[C@@]5(C)CCC(OC(=O)OCC6COC(C)(C)O6)C(C)(C)[C@@H]5CC[C@]43C)C1=C(C(C)C)C(=O)C2. The van der Waals surface area contributed by atoms with Crippen molar-refractivity contribution in [2.24, 2.45) is 50.7 Å². The second-order valence-corrected chi connectivity index (χ2v) is 17.7. The van der Waals surface area contributed by atoms with E-state index in [0.717, 1.165) is 56.1 Å². The molecule has 0 aromatic heterocycles. The highest BCUT2D eigenvalue weighted by Gasteiger charge is 2.71. The van der Waals surface area contributed by atoms with Gasteiger partial charge in [-0.1, -0.05) is 48.5 Å². The van der Waals surface area contributed by atoms with Crippen molar-refractivity contribution in [3.05, 3.63) is 11.1 Å². The first-order valence-electron chi connectivity index (χ1n) is 17.9. The van der Waals surface area contributed by atoms with Gasteiger partial charge in [-0.2, -0.15) is 0 Å². The van der Waals surface area contributed by atoms with Crippen molar-refractivity contribution in [2.75, 3.05) is 20.3 Å². The van der Waals surface area contributed by atoms with Gasteiger partial charge in [0.05, 0.1) is 19.1 Å². The van der Waals surface area contributed by atoms with Crippen molar-refractivity contribution in [3.63, 3.8) is 0 Å². The Labute approximate surface area is 276 Å². The van der Waals surface area contributed by atoms with Crippen LogP contribution in [-0.4, -0.2) is 56.2 Å². The van der Waals surface area contributed by atoms with Gasteiger partial charge in [0.25, 0.3) is 0 Å². The maximum atomic E-state index is 13.6. The molecule has 5 aliphatic carbocycles. The van der Waals surface area contributed by atoms with Crippen molar-refractivity contribution in [2.45, 2.75) is 138 Å². The topological polar surface area (TPSA) is 97.4 Å². The van der Waals surface area contributed by atoms with E-state index in [1.807, 2.05) is 13.8 Å². The van der Waals surface area contributed by atoms with E-state index in [1.165, 1.54) is 7.11 Å². The summed E-state index contributed by atoms with van der Waals surface area (Å²) in [6, 6.07) is 0. The van der Waals surface area contributed by atoms with E-state index < -0.39 is 17.4 Å². The molecule has 0 bridgehead atoms. The molecule has 1 saturated heterocycles. The molecule has 0 aromatic carbocycles. The Balaban J connectivity index is 1.23. The van der Waals surface area contributed by atoms with Crippen LogP contribution in [-0.2, 0) is 33.3 Å². The first kappa shape index (κ1) is 34.0. The van der Waals surface area contributed by atoms with Crippen molar-refractivity contribution in [1.82, 2.24) is 0 Å². The van der Waals surface area contributed by atoms with Crippen LogP contribution in [0.25, 0.3) is 0 Å². The van der Waals surface area contributed by atoms with Crippen LogP contribution in [0.5, 0.6) is 0 Å². The molecular weight excluding hydrogens is 584 g/mol. The lowest BCUT2D eigenvalue weighted by atomic mass is 9.33. The number of rotatable bonds is 5. The molecule has 0 amide bonds. The molecule has 0 aromatic rings. The maximum Gasteiger partial charge on any atom is 0.508 e. The number of carbonyl (C=O) groups excluding carboxylic acids is 3. The lowest BCUT2D eigenvalue weighted by Crippen LogP contribution is -2.66. The van der Waals surface area contributed by atoms with Gasteiger partial charge in [-0.25, -0.2) is 4.79 Å². The number of methoxy groups -OCH3 is 1. The second-order valence-electron chi connectivity index (χ2n) is 17.7. The summed E-state index contributed by atoms with van der Waals surface area (Å²) in [5, 5.41) is 0. The minimum absolute atomic E-state index is 0.0244. The number of ketones is 1. The molecule has 0 N–H and O–H groups in total. The predicted molar refractivity (Wildman–Crippen MR) is 173 cm³/mol. The molecule has 8 nitrogen and oxygen atoms in total. The van der Waals surface area contributed by atoms with Crippen molar-refractivity contribution < 1.29 is 38.1 Å². The van der Waals surface area contributed by atoms with E-state index in [1.54, 1.807) is 0 Å². The average Bonchev–Trinajstić information content (AvgIpc) is 3.49. The van der Waals surface area contributed by atoms with Crippen LogP contribution in [0.2, 0.25) is 0 Å². The summed E-state index contributed by atoms with van der Waals surface area (Å²) in [6.07, 6.45) is 6.78. The third-order valence-electron chi connectivity index (χ3n) is 14.6. The molecule has 4 saturated carbocycles. The number of hydrogen-bond donors (Lipinski definition) is 0. The van der Waals surface area contributed by atoms with Gasteiger partial charge in [0, 0.05) is 11.8 Å². The minimum atomic E-state index is -0.793. The minimum Gasteiger partial charge on any atom is -0.468 e. The van der Waals surface area contributed by atoms with Crippen molar-refractivity contribution >= 4 is 17.9 Å². The fourth-order valence-corrected chi connectivity index (χ4v) is 12.4. The van der Waals surface area contributed by atoms with Gasteiger partial charge >= 0.3 is 12.1 Å². The molecular formula is C38H58O8. The summed E-state index contributed by atoms with van der Waals surface area (Å²) in [4.78, 5) is 40.0. The van der Waals surface area contributed by atoms with E-state index in [-0.39, 0.29) is 70.5 Å². The van der Waals surface area contributed by atoms with Gasteiger partial charge in [0.15, 0.2) is 11.6 Å². The fourth-order valence-electron chi connectivity index (χ4n) is 12.4. The van der Waals surface area contributed by atoms with E-state index in [9.17, 15) is 14.4 Å². The maximum absolute atomic E-state index is 13.6. The molecule has 9 atom stereocenters. The van der Waals surface area contributed by atoms with E-state index in [2.05, 4.69) is 48.5 Å². The largest absolute Gasteiger partial charge is 0.508 e. The molecule has 0 radical (unpaired) electrons. The van der Waals surface area contributed by atoms with Crippen LogP contribution in [0.15, 0.2) is 11.1 Å². The van der Waals surface area contributed by atoms with Crippen LogP contribution < -0.4 is 0 Å². The third kappa shape index (κ3) is 4.76. The number of allylic oxidation sites excluding steroid dienone is 1. The standard InChI is InChI=1S/C38H58O8/c1-22(2)29-25(39)19-38(31(40)42-10)18-17-36(8)24(30(29)38)11-12-27-35(7)15-14-28(33(3,4)26(35)13-16-37(27,36)9)45-32(41)43-20-23-21-44-34(5,6)46-23/h22-24,26-28H,11-21H2,1-10H3/t23?,24-,26+,27?,28?,35+,36-,37-,38-/m1/s1. The Morgan fingerprint density at radius 3 is 2.24 bits per heavy atom. The zero-order chi connectivity index (χ0) is 33.7. The Bertz CT molecular complexity index is 1310. The van der Waals surface area contributed by atoms with Gasteiger partial charge in [0.2, 0.25) is 0 Å². The van der Waals surface area contributed by atoms with E-state index in [0.29, 0.717) is 24.9 Å². The molecule has 3 unspecified atom stereocenters. The van der Waals surface area contributed by atoms with Gasteiger partial charge in [0.1, 0.15) is 18.8 Å². The molecule has 46 heavy (non-hydrogen) atoms. The fraction of sp³-hybridized carbons (Fsp3) is 0.868. The summed E-state index contributed by atoms with van der Waals surface area (Å²) in [5.74, 6) is 0.451. The summed E-state index contributed by atoms with van der Waals surface area (Å²) >= 11 is 0. The molecule has 6 aliphatic rings. The molecule has 258 valence electrons. The second kappa shape index (κ2) is 11.0. The average molecular weight is 643 g/mol. The number of carbonyl (C=O) groups is 3. The molecule has 0 spiro atoms. The third-order valence-corrected chi connectivity index (χ3v) is 14.6. The zero-order valence-electron chi connectivity index (χ0n) is 30.0. The number of Topliss-reactive ketones (excluding diaryl/α,β-unsaturated/α-hetero) is 1. The number of esters is 1. The highest BCUT2D eigenvalue weighted by molar-refractivity contribution is 6.05. The Hall–Kier alpha value is -1.93. The van der Waals surface area contributed by atoms with Crippen molar-refractivity contribution in [1.29, 1.82) is 0 Å². The zero-order valence-corrected chi connectivity index (χ0v) is 30.0. The molecule has 8 heteroatoms. The Kier molecular flexibility index (Phi) is 8.15. The van der Waals surface area contributed by atoms with Crippen molar-refractivity contribution in [3.8, 4) is 0 Å². The Morgan fingerprint density at radius 1 is 0.891 bits per heavy atom. The van der Waals surface area contributed by atoms with Crippen LogP contribution in [0.3, 0.4) is 0 Å². The summed E-state index contributed by atoms with van der Waals surface area (Å²) < 4.78 is 28.4. The van der Waals surface area contributed by atoms with Crippen LogP contribution >= 0.6 is 0 Å². The van der Waals surface area contributed by atoms with Gasteiger partial charge in [-0.3, -0.25) is 9.59 Å². The molecule has 5 fully saturated rings. The van der Waals surface area contributed by atoms with Gasteiger partial charge < -0.3 is 23.7 Å². The monoisotopic (exact) mass is 642 g/mol. The molecule has 1 aliphatic heterocycles. The number of hydrogen-bond acceptors (Lipinski definition) is 8. The first-order valence-corrected chi connectivity index (χ1v) is 17.9. The lowest BCUT2D eigenvalue weighted by Gasteiger charge is -2.72. The summed E-state index contributed by atoms with van der Waals surface area (Å²) in [5.41, 5.74) is 1.16. The van der Waals surface area contributed by atoms with Gasteiger partial charge in [-0.15, -0.1) is 0 Å². The Morgan fingerprint density at radius 2 is 1.61 bits per heavy atom. The lowest BCUT2D eigenvalue weighted by molar-refractivity contribution is -0.230. The van der Waals surface area contributed by atoms with Gasteiger partial charge in [-0.05, 0) is 116 Å². The first-order chi connectivity index (χ1) is 21.4. The smallest absolute Gasteiger partial charge is 0.468 e. The number of ether oxygens (including phenoxy) is 5. The van der Waals surface area contributed by atoms with Crippen LogP contribution in [0.1, 0.15) is 120 Å². The normalized spacial score (nSPS) is 44.2. The highest BCUT2D eigenvalue weighted by Crippen LogP contribution is 2.76. The molecule has 1 heterocycles. The summed E-state index contributed by atoms with van der Waals surface area (Å²) in [7, 11) is 1.47. The highest BCUT2D eigenvalue weighted by atomic mass is 16.8. The predicted octanol–water partition coefficient (Wildman–Crippen LogP) is 7.81. The van der Waals surface area contributed by atoms with E-state index in [4.69, 9.17) is 23.7 Å². The summed E-state index contributed by atoms with van der Waals surface area (Å²) in [6.45, 7) is 20.5. The quantitative estimate of drug-likeness (QED) is 0.280.